The third kappa shape index (κ3) is 43.9. The Morgan fingerprint density at radius 3 is 1.22 bits per heavy atom. The van der Waals surface area contributed by atoms with E-state index in [1.54, 1.807) is 6.08 Å². The van der Waals surface area contributed by atoms with Crippen molar-refractivity contribution < 1.29 is 24.5 Å². The minimum atomic E-state index is -0.850. The topological polar surface area (TPSA) is 95.9 Å². The third-order valence-electron chi connectivity index (χ3n) is 11.7. The molecule has 0 aliphatic heterocycles. The van der Waals surface area contributed by atoms with Crippen molar-refractivity contribution in [1.29, 1.82) is 0 Å². The van der Waals surface area contributed by atoms with Crippen LogP contribution in [-0.2, 0) is 14.3 Å². The van der Waals surface area contributed by atoms with Crippen molar-refractivity contribution in [3.8, 4) is 0 Å². The maximum Gasteiger partial charge on any atom is 0.305 e. The zero-order valence-electron chi connectivity index (χ0n) is 38.8. The van der Waals surface area contributed by atoms with Gasteiger partial charge in [0, 0.05) is 12.8 Å². The lowest BCUT2D eigenvalue weighted by atomic mass is 10.0. The predicted octanol–water partition coefficient (Wildman–Crippen LogP) is 15.1. The predicted molar refractivity (Wildman–Crippen MR) is 250 cm³/mol. The fourth-order valence-electron chi connectivity index (χ4n) is 7.74. The molecule has 6 nitrogen and oxygen atoms in total. The van der Waals surface area contributed by atoms with Gasteiger partial charge in [-0.1, -0.05) is 224 Å². The highest BCUT2D eigenvalue weighted by Gasteiger charge is 2.18. The van der Waals surface area contributed by atoms with Crippen LogP contribution in [0.1, 0.15) is 271 Å². The molecule has 0 heterocycles. The van der Waals surface area contributed by atoms with Crippen molar-refractivity contribution in [1.82, 2.24) is 5.32 Å². The minimum Gasteiger partial charge on any atom is -0.466 e. The summed E-state index contributed by atoms with van der Waals surface area (Å²) in [5, 5.41) is 23.0. The zero-order chi connectivity index (χ0) is 42.3. The molecule has 0 aliphatic rings. The zero-order valence-corrected chi connectivity index (χ0v) is 38.8. The van der Waals surface area contributed by atoms with Crippen LogP contribution in [0.2, 0.25) is 0 Å². The second kappa shape index (κ2) is 48.0. The Balaban J connectivity index is 3.47. The molecule has 0 bridgehead atoms. The van der Waals surface area contributed by atoms with Crippen LogP contribution >= 0.6 is 0 Å². The molecule has 342 valence electrons. The van der Waals surface area contributed by atoms with Crippen LogP contribution in [-0.4, -0.2) is 47.4 Å². The van der Waals surface area contributed by atoms with E-state index in [0.717, 1.165) is 57.8 Å². The molecule has 0 spiro atoms. The Bertz CT molecular complexity index is 904. The van der Waals surface area contributed by atoms with E-state index in [1.165, 1.54) is 186 Å². The Kier molecular flexibility index (Phi) is 46.6. The fraction of sp³-hybridized carbons (Fsp3) is 0.885. The first-order valence-electron chi connectivity index (χ1n) is 25.6. The average Bonchev–Trinajstić information content (AvgIpc) is 3.22. The number of ether oxygens (including phenoxy) is 1. The van der Waals surface area contributed by atoms with Gasteiger partial charge in [0.25, 0.3) is 0 Å². The Morgan fingerprint density at radius 1 is 0.466 bits per heavy atom. The van der Waals surface area contributed by atoms with Gasteiger partial charge < -0.3 is 20.3 Å². The average molecular weight is 818 g/mol. The van der Waals surface area contributed by atoms with E-state index in [9.17, 15) is 19.8 Å². The lowest BCUT2D eigenvalue weighted by molar-refractivity contribution is -0.143. The van der Waals surface area contributed by atoms with Crippen LogP contribution in [0.3, 0.4) is 0 Å². The van der Waals surface area contributed by atoms with Gasteiger partial charge in [-0.25, -0.2) is 0 Å². The summed E-state index contributed by atoms with van der Waals surface area (Å²) in [7, 11) is 0. The third-order valence-corrected chi connectivity index (χ3v) is 11.7. The number of carbonyl (C=O) groups is 2. The summed E-state index contributed by atoms with van der Waals surface area (Å²) in [5.41, 5.74) is 0. The number of amides is 1. The number of nitrogens with one attached hydrogen (secondary N) is 1. The largest absolute Gasteiger partial charge is 0.466 e. The van der Waals surface area contributed by atoms with Gasteiger partial charge in [-0.3, -0.25) is 9.59 Å². The van der Waals surface area contributed by atoms with Gasteiger partial charge >= 0.3 is 5.97 Å². The standard InChI is InChI=1S/C52H99NO5/c1-3-5-7-9-11-13-15-21-26-30-34-38-42-46-52(57)58-47-43-39-35-31-27-23-20-18-16-17-19-22-25-29-33-37-41-45-51(56)53-49(48-54)50(55)44-40-36-32-28-24-14-12-10-8-6-4-2/h16,18,40,44,49-50,54-55H,3-15,17,19-39,41-43,45-48H2,1-2H3,(H,53,56)/b18-16-,44-40+. The maximum atomic E-state index is 12.4. The molecule has 0 aromatic carbocycles. The number of carbonyl (C=O) groups excluding carboxylic acids is 2. The number of unbranched alkanes of at least 4 members (excludes halogenated alkanes) is 34. The highest BCUT2D eigenvalue weighted by atomic mass is 16.5. The first-order valence-corrected chi connectivity index (χ1v) is 25.6. The highest BCUT2D eigenvalue weighted by molar-refractivity contribution is 5.76. The molecule has 0 saturated carbocycles. The van der Waals surface area contributed by atoms with Crippen molar-refractivity contribution >= 4 is 11.9 Å². The summed E-state index contributed by atoms with van der Waals surface area (Å²) in [6.45, 7) is 4.86. The monoisotopic (exact) mass is 818 g/mol. The molecular formula is C52H99NO5. The van der Waals surface area contributed by atoms with Crippen molar-refractivity contribution in [2.75, 3.05) is 13.2 Å². The SMILES string of the molecule is CCCCCCCCCCC/C=C/C(O)C(CO)NC(=O)CCCCCCCCC/C=C\CCCCCCCCOC(=O)CCCCCCCCCCCCCCC. The van der Waals surface area contributed by atoms with Gasteiger partial charge in [-0.15, -0.1) is 0 Å². The molecule has 6 heteroatoms. The molecular weight excluding hydrogens is 719 g/mol. The fourth-order valence-corrected chi connectivity index (χ4v) is 7.74. The van der Waals surface area contributed by atoms with Crippen molar-refractivity contribution in [3.63, 3.8) is 0 Å². The second-order valence-corrected chi connectivity index (χ2v) is 17.5. The van der Waals surface area contributed by atoms with Crippen LogP contribution < -0.4 is 5.32 Å². The molecule has 0 rings (SSSR count). The smallest absolute Gasteiger partial charge is 0.305 e. The lowest BCUT2D eigenvalue weighted by Crippen LogP contribution is -2.45. The molecule has 0 fully saturated rings. The first-order chi connectivity index (χ1) is 28.5. The molecule has 0 radical (unpaired) electrons. The van der Waals surface area contributed by atoms with Gasteiger partial charge in [0.1, 0.15) is 0 Å². The number of aliphatic hydroxyl groups is 2. The molecule has 3 N–H and O–H groups in total. The van der Waals surface area contributed by atoms with E-state index in [2.05, 4.69) is 31.3 Å². The minimum absolute atomic E-state index is 0.00176. The van der Waals surface area contributed by atoms with Gasteiger partial charge in [0.2, 0.25) is 5.91 Å². The van der Waals surface area contributed by atoms with E-state index in [-0.39, 0.29) is 18.5 Å². The molecule has 0 saturated heterocycles. The summed E-state index contributed by atoms with van der Waals surface area (Å²) in [5.74, 6) is -0.0833. The number of hydrogen-bond acceptors (Lipinski definition) is 5. The number of rotatable bonds is 47. The van der Waals surface area contributed by atoms with Crippen LogP contribution in [0.4, 0.5) is 0 Å². The maximum absolute atomic E-state index is 12.4. The summed E-state index contributed by atoms with van der Waals surface area (Å²) in [6, 6.07) is -0.634. The summed E-state index contributed by atoms with van der Waals surface area (Å²) < 4.78 is 5.46. The normalized spacial score (nSPS) is 12.8. The van der Waals surface area contributed by atoms with Gasteiger partial charge in [0.15, 0.2) is 0 Å². The quantitative estimate of drug-likeness (QED) is 0.0323. The van der Waals surface area contributed by atoms with E-state index in [0.29, 0.717) is 19.4 Å². The summed E-state index contributed by atoms with van der Waals surface area (Å²) >= 11 is 0. The molecule has 2 unspecified atom stereocenters. The van der Waals surface area contributed by atoms with E-state index < -0.39 is 12.1 Å². The highest BCUT2D eigenvalue weighted by Crippen LogP contribution is 2.15. The Morgan fingerprint density at radius 2 is 0.810 bits per heavy atom. The van der Waals surface area contributed by atoms with Gasteiger partial charge in [-0.2, -0.15) is 0 Å². The van der Waals surface area contributed by atoms with Crippen molar-refractivity contribution in [3.05, 3.63) is 24.3 Å². The Labute approximate surface area is 361 Å². The van der Waals surface area contributed by atoms with Crippen LogP contribution in [0.15, 0.2) is 24.3 Å². The molecule has 2 atom stereocenters. The van der Waals surface area contributed by atoms with Crippen LogP contribution in [0.5, 0.6) is 0 Å². The van der Waals surface area contributed by atoms with Crippen molar-refractivity contribution in [2.45, 2.75) is 283 Å². The van der Waals surface area contributed by atoms with Crippen molar-refractivity contribution in [2.24, 2.45) is 0 Å². The Hall–Kier alpha value is -1.66. The lowest BCUT2D eigenvalue weighted by Gasteiger charge is -2.20. The number of esters is 1. The molecule has 0 aromatic rings. The number of aliphatic hydroxyl groups excluding tert-OH is 2. The number of allylic oxidation sites excluding steroid dienone is 3. The van der Waals surface area contributed by atoms with Crippen LogP contribution in [0, 0.1) is 0 Å². The molecule has 0 aromatic heterocycles. The number of hydrogen-bond donors (Lipinski definition) is 3. The molecule has 58 heavy (non-hydrogen) atoms. The van der Waals surface area contributed by atoms with E-state index in [1.807, 2.05) is 6.08 Å². The molecule has 0 aliphatic carbocycles. The van der Waals surface area contributed by atoms with E-state index in [4.69, 9.17) is 4.74 Å². The first kappa shape index (κ1) is 56.3. The van der Waals surface area contributed by atoms with Gasteiger partial charge in [0.05, 0.1) is 25.4 Å². The molecule has 1 amide bonds. The van der Waals surface area contributed by atoms with Crippen LogP contribution in [0.25, 0.3) is 0 Å². The van der Waals surface area contributed by atoms with Gasteiger partial charge in [-0.05, 0) is 57.8 Å². The second-order valence-electron chi connectivity index (χ2n) is 17.5. The summed E-state index contributed by atoms with van der Waals surface area (Å²) in [4.78, 5) is 24.4. The van der Waals surface area contributed by atoms with E-state index >= 15 is 0 Å². The summed E-state index contributed by atoms with van der Waals surface area (Å²) in [6.07, 6.45) is 56.1.